The van der Waals surface area contributed by atoms with Gasteiger partial charge < -0.3 is 5.11 Å². The van der Waals surface area contributed by atoms with E-state index >= 15 is 0 Å². The number of aryl methyl sites for hydroxylation is 1. The van der Waals surface area contributed by atoms with Crippen LogP contribution >= 0.6 is 35.6 Å². The molecule has 0 radical (unpaired) electrons. The highest BCUT2D eigenvalue weighted by Gasteiger charge is 2.33. The van der Waals surface area contributed by atoms with Gasteiger partial charge in [0, 0.05) is 5.02 Å². The first-order chi connectivity index (χ1) is 11.9. The number of nitrogens with zero attached hydrogens (tertiary/aromatic N) is 1. The number of carbonyl (C=O) groups is 2. The van der Waals surface area contributed by atoms with Gasteiger partial charge >= 0.3 is 5.97 Å². The van der Waals surface area contributed by atoms with E-state index in [0.29, 0.717) is 25.5 Å². The minimum Gasteiger partial charge on any atom is -0.478 e. The van der Waals surface area contributed by atoms with Gasteiger partial charge in [0.2, 0.25) is 0 Å². The van der Waals surface area contributed by atoms with Crippen molar-refractivity contribution in [3.05, 3.63) is 69.1 Å². The van der Waals surface area contributed by atoms with Crippen LogP contribution in [0.1, 0.15) is 21.5 Å². The molecule has 0 aliphatic carbocycles. The van der Waals surface area contributed by atoms with Gasteiger partial charge in [0.1, 0.15) is 0 Å². The van der Waals surface area contributed by atoms with Crippen LogP contribution < -0.4 is 4.90 Å². The molecule has 25 heavy (non-hydrogen) atoms. The smallest absolute Gasteiger partial charge is 0.336 e. The molecule has 0 atom stereocenters. The number of halogens is 1. The number of carbonyl (C=O) groups excluding carboxylic acids is 1. The third kappa shape index (κ3) is 3.61. The lowest BCUT2D eigenvalue weighted by molar-refractivity contribution is -0.113. The number of thiocarbonyl (C=S) groups is 1. The molecule has 0 unspecified atom stereocenters. The molecule has 7 heteroatoms. The van der Waals surface area contributed by atoms with E-state index in [-0.39, 0.29) is 11.5 Å². The van der Waals surface area contributed by atoms with Gasteiger partial charge in [-0.3, -0.25) is 9.69 Å². The van der Waals surface area contributed by atoms with E-state index in [1.165, 1.54) is 22.7 Å². The molecule has 0 aromatic heterocycles. The molecule has 1 aliphatic rings. The molecule has 4 nitrogen and oxygen atoms in total. The fourth-order valence-electron chi connectivity index (χ4n) is 2.42. The molecule has 1 heterocycles. The van der Waals surface area contributed by atoms with Crippen molar-refractivity contribution in [3.8, 4) is 0 Å². The summed E-state index contributed by atoms with van der Waals surface area (Å²) in [5.41, 5.74) is 2.00. The Bertz CT molecular complexity index is 940. The molecule has 1 aliphatic heterocycles. The van der Waals surface area contributed by atoms with Crippen LogP contribution in [-0.4, -0.2) is 21.3 Å². The Morgan fingerprint density at radius 1 is 1.28 bits per heavy atom. The first kappa shape index (κ1) is 17.7. The number of hydrogen-bond acceptors (Lipinski definition) is 4. The molecule has 0 bridgehead atoms. The van der Waals surface area contributed by atoms with Crippen molar-refractivity contribution in [1.29, 1.82) is 0 Å². The molecule has 1 amide bonds. The highest BCUT2D eigenvalue weighted by atomic mass is 35.5. The number of aromatic carboxylic acids is 1. The summed E-state index contributed by atoms with van der Waals surface area (Å²) in [6, 6.07) is 12.0. The Morgan fingerprint density at radius 3 is 2.72 bits per heavy atom. The molecule has 2 aromatic rings. The summed E-state index contributed by atoms with van der Waals surface area (Å²) in [5.74, 6) is -1.32. The summed E-state index contributed by atoms with van der Waals surface area (Å²) in [5, 5.41) is 9.85. The zero-order valence-electron chi connectivity index (χ0n) is 13.0. The maximum absolute atomic E-state index is 12.7. The van der Waals surface area contributed by atoms with E-state index in [9.17, 15) is 14.7 Å². The Labute approximate surface area is 159 Å². The third-order valence-electron chi connectivity index (χ3n) is 3.65. The standard InChI is InChI=1S/C18H12ClNO3S2/c1-10-5-6-13(9-14(10)17(22)23)20-16(21)15(25-18(20)24)8-11-3-2-4-12(19)7-11/h2-9H,1H3,(H,22,23)/b15-8-. The average molecular weight is 390 g/mol. The second kappa shape index (κ2) is 7.00. The van der Waals surface area contributed by atoms with E-state index < -0.39 is 5.97 Å². The summed E-state index contributed by atoms with van der Waals surface area (Å²) in [6.07, 6.45) is 1.72. The van der Waals surface area contributed by atoms with Crippen LogP contribution in [0.3, 0.4) is 0 Å². The van der Waals surface area contributed by atoms with Gasteiger partial charge in [-0.25, -0.2) is 4.79 Å². The van der Waals surface area contributed by atoms with Gasteiger partial charge in [-0.15, -0.1) is 0 Å². The van der Waals surface area contributed by atoms with Crippen molar-refractivity contribution in [2.24, 2.45) is 0 Å². The molecular formula is C18H12ClNO3S2. The molecule has 1 saturated heterocycles. The van der Waals surface area contributed by atoms with Gasteiger partial charge in [-0.05, 0) is 48.4 Å². The maximum atomic E-state index is 12.7. The number of rotatable bonds is 3. The van der Waals surface area contributed by atoms with Gasteiger partial charge in [-0.1, -0.05) is 53.8 Å². The maximum Gasteiger partial charge on any atom is 0.336 e. The van der Waals surface area contributed by atoms with Gasteiger partial charge in [-0.2, -0.15) is 0 Å². The number of carboxylic acids is 1. The zero-order valence-corrected chi connectivity index (χ0v) is 15.4. The minimum atomic E-state index is -1.04. The van der Waals surface area contributed by atoms with Crippen molar-refractivity contribution in [1.82, 2.24) is 0 Å². The molecule has 1 N–H and O–H groups in total. The highest BCUT2D eigenvalue weighted by molar-refractivity contribution is 8.27. The van der Waals surface area contributed by atoms with E-state index in [4.69, 9.17) is 23.8 Å². The quantitative estimate of drug-likeness (QED) is 0.606. The Hall–Kier alpha value is -2.15. The average Bonchev–Trinajstić information content (AvgIpc) is 2.82. The van der Waals surface area contributed by atoms with Crippen molar-refractivity contribution in [2.45, 2.75) is 6.92 Å². The lowest BCUT2D eigenvalue weighted by atomic mass is 10.1. The second-order valence-electron chi connectivity index (χ2n) is 5.38. The van der Waals surface area contributed by atoms with Gasteiger partial charge in [0.25, 0.3) is 5.91 Å². The predicted octanol–water partition coefficient (Wildman–Crippen LogP) is 4.75. The molecule has 0 saturated carbocycles. The van der Waals surface area contributed by atoms with E-state index in [1.807, 2.05) is 6.07 Å². The van der Waals surface area contributed by atoms with Gasteiger partial charge in [0.05, 0.1) is 16.2 Å². The number of benzene rings is 2. The van der Waals surface area contributed by atoms with Crippen LogP contribution in [0.2, 0.25) is 5.02 Å². The normalized spacial score (nSPS) is 15.9. The van der Waals surface area contributed by atoms with Crippen LogP contribution in [0.5, 0.6) is 0 Å². The predicted molar refractivity (Wildman–Crippen MR) is 105 cm³/mol. The second-order valence-corrected chi connectivity index (χ2v) is 7.49. The molecule has 126 valence electrons. The highest BCUT2D eigenvalue weighted by Crippen LogP contribution is 2.36. The van der Waals surface area contributed by atoms with Crippen LogP contribution in [0, 0.1) is 6.92 Å². The molecule has 3 rings (SSSR count). The summed E-state index contributed by atoms with van der Waals surface area (Å²) < 4.78 is 0.360. The summed E-state index contributed by atoms with van der Waals surface area (Å²) in [4.78, 5) is 25.9. The van der Waals surface area contributed by atoms with Crippen LogP contribution in [0.15, 0.2) is 47.4 Å². The summed E-state index contributed by atoms with van der Waals surface area (Å²) >= 11 is 12.5. The zero-order chi connectivity index (χ0) is 18.1. The van der Waals surface area contributed by atoms with Crippen LogP contribution in [0.4, 0.5) is 5.69 Å². The number of hydrogen-bond donors (Lipinski definition) is 1. The summed E-state index contributed by atoms with van der Waals surface area (Å²) in [6.45, 7) is 1.70. The molecule has 1 fully saturated rings. The number of anilines is 1. The number of thioether (sulfide) groups is 1. The topological polar surface area (TPSA) is 57.6 Å². The van der Waals surface area contributed by atoms with Crippen molar-refractivity contribution in [2.75, 3.05) is 4.90 Å². The summed E-state index contributed by atoms with van der Waals surface area (Å²) in [7, 11) is 0. The Morgan fingerprint density at radius 2 is 2.04 bits per heavy atom. The largest absolute Gasteiger partial charge is 0.478 e. The van der Waals surface area contributed by atoms with Crippen molar-refractivity contribution in [3.63, 3.8) is 0 Å². The lowest BCUT2D eigenvalue weighted by Crippen LogP contribution is -2.27. The molecular weight excluding hydrogens is 378 g/mol. The van der Waals surface area contributed by atoms with Crippen LogP contribution in [-0.2, 0) is 4.79 Å². The van der Waals surface area contributed by atoms with Gasteiger partial charge in [0.15, 0.2) is 4.32 Å². The number of carboxylic acid groups (broad SMARTS) is 1. The monoisotopic (exact) mass is 389 g/mol. The molecule has 2 aromatic carbocycles. The fraction of sp³-hybridized carbons (Fsp3) is 0.0556. The van der Waals surface area contributed by atoms with E-state index in [1.54, 1.807) is 43.3 Å². The number of amides is 1. The van der Waals surface area contributed by atoms with Crippen LogP contribution in [0.25, 0.3) is 6.08 Å². The van der Waals surface area contributed by atoms with Crippen molar-refractivity contribution < 1.29 is 14.7 Å². The fourth-order valence-corrected chi connectivity index (χ4v) is 3.92. The SMILES string of the molecule is Cc1ccc(N2C(=O)/C(=C/c3cccc(Cl)c3)SC2=S)cc1C(=O)O. The Kier molecular flexibility index (Phi) is 4.94. The minimum absolute atomic E-state index is 0.144. The third-order valence-corrected chi connectivity index (χ3v) is 5.19. The van der Waals surface area contributed by atoms with Crippen molar-refractivity contribution >= 4 is 63.5 Å². The van der Waals surface area contributed by atoms with E-state index in [2.05, 4.69) is 0 Å². The Balaban J connectivity index is 1.97. The molecule has 0 spiro atoms. The first-order valence-corrected chi connectivity index (χ1v) is 8.84. The lowest BCUT2D eigenvalue weighted by Gasteiger charge is -2.15. The first-order valence-electron chi connectivity index (χ1n) is 7.24. The van der Waals surface area contributed by atoms with E-state index in [0.717, 1.165) is 5.56 Å².